The molecule has 0 saturated heterocycles. The Morgan fingerprint density at radius 1 is 0.968 bits per heavy atom. The molecular formula is C24H19ClN2O3S. The summed E-state index contributed by atoms with van der Waals surface area (Å²) in [6, 6.07) is 23.8. The van der Waals surface area contributed by atoms with Gasteiger partial charge in [0.2, 0.25) is 5.88 Å². The van der Waals surface area contributed by atoms with Crippen molar-refractivity contribution >= 4 is 29.3 Å². The van der Waals surface area contributed by atoms with Gasteiger partial charge >= 0.3 is 5.97 Å². The molecule has 0 amide bonds. The van der Waals surface area contributed by atoms with Crippen LogP contribution in [0.2, 0.25) is 5.02 Å². The lowest BCUT2D eigenvalue weighted by molar-refractivity contribution is 0.0718. The highest BCUT2D eigenvalue weighted by atomic mass is 35.5. The number of nitrogens with zero attached hydrogens (tertiary/aromatic N) is 2. The lowest BCUT2D eigenvalue weighted by Crippen LogP contribution is -2.12. The van der Waals surface area contributed by atoms with Crippen LogP contribution in [0.4, 0.5) is 0 Å². The molecule has 0 N–H and O–H groups in total. The maximum Gasteiger partial charge on any atom is 0.344 e. The van der Waals surface area contributed by atoms with Crippen molar-refractivity contribution in [1.82, 2.24) is 9.78 Å². The van der Waals surface area contributed by atoms with Gasteiger partial charge < -0.3 is 9.47 Å². The van der Waals surface area contributed by atoms with Crippen molar-refractivity contribution in [2.75, 3.05) is 7.11 Å². The molecule has 0 spiro atoms. The molecule has 0 atom stereocenters. The molecule has 1 aromatic heterocycles. The number of ether oxygens (including phenoxy) is 2. The van der Waals surface area contributed by atoms with Crippen LogP contribution in [0.1, 0.15) is 16.1 Å². The van der Waals surface area contributed by atoms with Crippen molar-refractivity contribution in [2.45, 2.75) is 16.7 Å². The largest absolute Gasteiger partial charge is 0.497 e. The summed E-state index contributed by atoms with van der Waals surface area (Å²) in [5.41, 5.74) is 1.97. The van der Waals surface area contributed by atoms with E-state index in [4.69, 9.17) is 21.1 Å². The van der Waals surface area contributed by atoms with Gasteiger partial charge in [0.05, 0.1) is 29.0 Å². The Morgan fingerprint density at radius 2 is 1.65 bits per heavy atom. The minimum absolute atomic E-state index is 0.365. The molecule has 4 aromatic rings. The summed E-state index contributed by atoms with van der Waals surface area (Å²) < 4.78 is 12.7. The molecule has 0 saturated carbocycles. The Labute approximate surface area is 189 Å². The van der Waals surface area contributed by atoms with E-state index in [-0.39, 0.29) is 0 Å². The summed E-state index contributed by atoms with van der Waals surface area (Å²) in [6.07, 6.45) is 0. The van der Waals surface area contributed by atoms with Gasteiger partial charge in [0.15, 0.2) is 0 Å². The maximum absolute atomic E-state index is 12.9. The average Bonchev–Trinajstić information content (AvgIpc) is 3.11. The molecule has 31 heavy (non-hydrogen) atoms. The van der Waals surface area contributed by atoms with Gasteiger partial charge in [-0.1, -0.05) is 41.6 Å². The van der Waals surface area contributed by atoms with Crippen molar-refractivity contribution in [3.63, 3.8) is 0 Å². The van der Waals surface area contributed by atoms with E-state index in [0.29, 0.717) is 22.2 Å². The molecule has 5 nitrogen and oxygen atoms in total. The lowest BCUT2D eigenvalue weighted by Gasteiger charge is -2.10. The van der Waals surface area contributed by atoms with Crippen LogP contribution in [0.25, 0.3) is 5.69 Å². The van der Waals surface area contributed by atoms with Crippen molar-refractivity contribution < 1.29 is 14.3 Å². The summed E-state index contributed by atoms with van der Waals surface area (Å²) in [5, 5.41) is 5.30. The van der Waals surface area contributed by atoms with Crippen LogP contribution in [-0.2, 0) is 0 Å². The van der Waals surface area contributed by atoms with Crippen molar-refractivity contribution in [1.29, 1.82) is 0 Å². The molecule has 1 heterocycles. The van der Waals surface area contributed by atoms with Gasteiger partial charge in [-0.25, -0.2) is 4.79 Å². The third-order valence-corrected chi connectivity index (χ3v) is 5.95. The van der Waals surface area contributed by atoms with Crippen LogP contribution < -0.4 is 9.47 Å². The second kappa shape index (κ2) is 9.29. The molecule has 0 aliphatic carbocycles. The fourth-order valence-electron chi connectivity index (χ4n) is 2.94. The summed E-state index contributed by atoms with van der Waals surface area (Å²) in [5.74, 6) is 0.558. The molecule has 0 aliphatic heterocycles. The van der Waals surface area contributed by atoms with E-state index in [1.54, 1.807) is 36.1 Å². The fourth-order valence-corrected chi connectivity index (χ4v) is 3.98. The van der Waals surface area contributed by atoms with Gasteiger partial charge in [-0.3, -0.25) is 0 Å². The number of hydrogen-bond acceptors (Lipinski definition) is 5. The minimum Gasteiger partial charge on any atom is -0.497 e. The molecule has 0 unspecified atom stereocenters. The average molecular weight is 451 g/mol. The number of halogens is 1. The first-order valence-electron chi connectivity index (χ1n) is 9.50. The Kier molecular flexibility index (Phi) is 6.30. The Bertz CT molecular complexity index is 1190. The van der Waals surface area contributed by atoms with E-state index >= 15 is 0 Å². The van der Waals surface area contributed by atoms with Crippen molar-refractivity contribution in [3.05, 3.63) is 95.1 Å². The predicted molar refractivity (Wildman–Crippen MR) is 122 cm³/mol. The van der Waals surface area contributed by atoms with Gasteiger partial charge in [0.25, 0.3) is 0 Å². The van der Waals surface area contributed by atoms with Gasteiger partial charge in [-0.05, 0) is 67.6 Å². The van der Waals surface area contributed by atoms with Gasteiger partial charge in [-0.2, -0.15) is 9.78 Å². The van der Waals surface area contributed by atoms with Gasteiger partial charge in [0.1, 0.15) is 5.75 Å². The Balaban J connectivity index is 1.73. The number of hydrogen-bond donors (Lipinski definition) is 0. The highest BCUT2D eigenvalue weighted by Gasteiger charge is 2.22. The smallest absolute Gasteiger partial charge is 0.344 e. The molecule has 0 fully saturated rings. The zero-order chi connectivity index (χ0) is 21.8. The fraction of sp³-hybridized carbons (Fsp3) is 0.0833. The van der Waals surface area contributed by atoms with Crippen LogP contribution in [-0.4, -0.2) is 22.9 Å². The molecule has 4 rings (SSSR count). The molecule has 3 aromatic carbocycles. The van der Waals surface area contributed by atoms with Crippen LogP contribution in [0, 0.1) is 6.92 Å². The van der Waals surface area contributed by atoms with E-state index in [0.717, 1.165) is 21.2 Å². The van der Waals surface area contributed by atoms with Crippen LogP contribution >= 0.6 is 23.4 Å². The molecular weight excluding hydrogens is 432 g/mol. The number of rotatable bonds is 6. The van der Waals surface area contributed by atoms with E-state index < -0.39 is 5.97 Å². The summed E-state index contributed by atoms with van der Waals surface area (Å²) >= 11 is 7.48. The Hall–Kier alpha value is -3.22. The summed E-state index contributed by atoms with van der Waals surface area (Å²) in [6.45, 7) is 1.89. The third kappa shape index (κ3) is 4.76. The second-order valence-corrected chi connectivity index (χ2v) is 8.16. The van der Waals surface area contributed by atoms with Gasteiger partial charge in [0, 0.05) is 9.92 Å². The van der Waals surface area contributed by atoms with Gasteiger partial charge in [-0.15, -0.1) is 0 Å². The first-order chi connectivity index (χ1) is 15.0. The van der Waals surface area contributed by atoms with E-state index in [1.165, 1.54) is 11.8 Å². The maximum atomic E-state index is 12.9. The number of aromatic nitrogens is 2. The predicted octanol–water partition coefficient (Wildman–Crippen LogP) is 6.21. The normalized spacial score (nSPS) is 10.7. The second-order valence-electron chi connectivity index (χ2n) is 6.64. The van der Waals surface area contributed by atoms with E-state index in [9.17, 15) is 4.79 Å². The van der Waals surface area contributed by atoms with Crippen LogP contribution in [0.15, 0.2) is 88.7 Å². The highest BCUT2D eigenvalue weighted by Crippen LogP contribution is 2.39. The number of methoxy groups -OCH3 is 1. The topological polar surface area (TPSA) is 53.4 Å². The number of carbonyl (C=O) groups is 1. The molecule has 0 radical (unpaired) electrons. The number of para-hydroxylation sites is 1. The first-order valence-corrected chi connectivity index (χ1v) is 10.7. The standard InChI is InChI=1S/C24H19ClN2O3S/c1-16-22(31-21-14-10-18(25)11-15-21)23(27(26-16)19-6-4-3-5-7-19)30-24(28)17-8-12-20(29-2)13-9-17/h3-15H,1-2H3. The quantitative estimate of drug-likeness (QED) is 0.327. The highest BCUT2D eigenvalue weighted by molar-refractivity contribution is 7.99. The number of carbonyl (C=O) groups excluding carboxylic acids is 1. The van der Waals surface area contributed by atoms with Crippen molar-refractivity contribution in [2.24, 2.45) is 0 Å². The molecule has 0 bridgehead atoms. The zero-order valence-electron chi connectivity index (χ0n) is 16.9. The number of benzene rings is 3. The first kappa shape index (κ1) is 21.0. The minimum atomic E-state index is -0.474. The zero-order valence-corrected chi connectivity index (χ0v) is 18.5. The third-order valence-electron chi connectivity index (χ3n) is 4.51. The van der Waals surface area contributed by atoms with Crippen LogP contribution in [0.3, 0.4) is 0 Å². The molecule has 7 heteroatoms. The van der Waals surface area contributed by atoms with E-state index in [1.807, 2.05) is 61.5 Å². The van der Waals surface area contributed by atoms with Crippen molar-refractivity contribution in [3.8, 4) is 17.3 Å². The Morgan fingerprint density at radius 3 is 2.29 bits per heavy atom. The lowest BCUT2D eigenvalue weighted by atomic mass is 10.2. The summed E-state index contributed by atoms with van der Waals surface area (Å²) in [7, 11) is 1.58. The number of aryl methyl sites for hydroxylation is 1. The molecule has 0 aliphatic rings. The van der Waals surface area contributed by atoms with Crippen LogP contribution in [0.5, 0.6) is 11.6 Å². The SMILES string of the molecule is COc1ccc(C(=O)Oc2c(Sc3ccc(Cl)cc3)c(C)nn2-c2ccccc2)cc1. The van der Waals surface area contributed by atoms with E-state index in [2.05, 4.69) is 5.10 Å². The monoisotopic (exact) mass is 450 g/mol. The number of esters is 1. The summed E-state index contributed by atoms with van der Waals surface area (Å²) in [4.78, 5) is 14.6. The molecule has 156 valence electrons.